The van der Waals surface area contributed by atoms with Crippen LogP contribution in [0, 0.1) is 5.41 Å². The van der Waals surface area contributed by atoms with E-state index in [1.807, 2.05) is 19.9 Å². The van der Waals surface area contributed by atoms with Crippen molar-refractivity contribution < 1.29 is 14.4 Å². The standard InChI is InChI=1S/C13H21N3O3/c1-4-13(3,11(14)16-18)12(17)15-9(2)8-10-6-5-7-19-10/h5-7,9,18H,4,8H2,1-3H3,(H2,14,16)(H,15,17). The first-order chi connectivity index (χ1) is 8.93. The predicted octanol–water partition coefficient (Wildman–Crippen LogP) is 1.49. The number of amidine groups is 1. The fourth-order valence-electron chi connectivity index (χ4n) is 1.73. The molecule has 0 aliphatic rings. The van der Waals surface area contributed by atoms with Gasteiger partial charge in [-0.1, -0.05) is 12.1 Å². The molecule has 1 aromatic heterocycles. The first kappa shape index (κ1) is 15.1. The molecule has 4 N–H and O–H groups in total. The van der Waals surface area contributed by atoms with Gasteiger partial charge in [0.1, 0.15) is 11.2 Å². The Morgan fingerprint density at radius 2 is 2.37 bits per heavy atom. The Labute approximate surface area is 112 Å². The lowest BCUT2D eigenvalue weighted by Gasteiger charge is -2.27. The van der Waals surface area contributed by atoms with Gasteiger partial charge in [0.15, 0.2) is 5.84 Å². The van der Waals surface area contributed by atoms with Crippen LogP contribution in [-0.2, 0) is 11.2 Å². The molecule has 6 heteroatoms. The highest BCUT2D eigenvalue weighted by molar-refractivity contribution is 6.06. The van der Waals surface area contributed by atoms with Gasteiger partial charge in [-0.3, -0.25) is 4.79 Å². The lowest BCUT2D eigenvalue weighted by atomic mass is 9.85. The molecular weight excluding hydrogens is 246 g/mol. The van der Waals surface area contributed by atoms with Gasteiger partial charge in [0.2, 0.25) is 5.91 Å². The van der Waals surface area contributed by atoms with E-state index in [-0.39, 0.29) is 17.8 Å². The molecule has 0 aliphatic heterocycles. The van der Waals surface area contributed by atoms with Gasteiger partial charge in [-0.2, -0.15) is 0 Å². The third-order valence-corrected chi connectivity index (χ3v) is 3.35. The number of nitrogens with one attached hydrogen (secondary N) is 1. The van der Waals surface area contributed by atoms with Gasteiger partial charge in [0.25, 0.3) is 0 Å². The summed E-state index contributed by atoms with van der Waals surface area (Å²) in [4.78, 5) is 12.2. The maximum absolute atomic E-state index is 12.2. The second kappa shape index (κ2) is 6.26. The summed E-state index contributed by atoms with van der Waals surface area (Å²) in [6, 6.07) is 3.55. The van der Waals surface area contributed by atoms with Gasteiger partial charge in [-0.15, -0.1) is 0 Å². The monoisotopic (exact) mass is 267 g/mol. The molecular formula is C13H21N3O3. The van der Waals surface area contributed by atoms with Crippen LogP contribution in [0.15, 0.2) is 28.0 Å². The molecule has 0 fully saturated rings. The van der Waals surface area contributed by atoms with Crippen molar-refractivity contribution in [3.8, 4) is 0 Å². The summed E-state index contributed by atoms with van der Waals surface area (Å²) in [5.74, 6) is 0.455. The average molecular weight is 267 g/mol. The number of amides is 1. The van der Waals surface area contributed by atoms with Crippen LogP contribution in [0.4, 0.5) is 0 Å². The van der Waals surface area contributed by atoms with E-state index >= 15 is 0 Å². The van der Waals surface area contributed by atoms with Gasteiger partial charge < -0.3 is 20.7 Å². The van der Waals surface area contributed by atoms with Crippen LogP contribution in [0.3, 0.4) is 0 Å². The molecule has 106 valence electrons. The molecule has 0 saturated heterocycles. The lowest BCUT2D eigenvalue weighted by molar-refractivity contribution is -0.127. The second-order valence-electron chi connectivity index (χ2n) is 4.83. The normalized spacial score (nSPS) is 16.7. The fraction of sp³-hybridized carbons (Fsp3) is 0.538. The lowest BCUT2D eigenvalue weighted by Crippen LogP contribution is -2.50. The molecule has 2 unspecified atom stereocenters. The van der Waals surface area contributed by atoms with Crippen LogP contribution in [0.1, 0.15) is 33.0 Å². The van der Waals surface area contributed by atoms with E-state index in [2.05, 4.69) is 10.5 Å². The highest BCUT2D eigenvalue weighted by Crippen LogP contribution is 2.22. The minimum atomic E-state index is -1.01. The summed E-state index contributed by atoms with van der Waals surface area (Å²) in [6.45, 7) is 5.34. The molecule has 19 heavy (non-hydrogen) atoms. The first-order valence-corrected chi connectivity index (χ1v) is 6.25. The van der Waals surface area contributed by atoms with E-state index < -0.39 is 5.41 Å². The second-order valence-corrected chi connectivity index (χ2v) is 4.83. The Morgan fingerprint density at radius 3 is 2.84 bits per heavy atom. The number of carbonyl (C=O) groups is 1. The molecule has 0 aliphatic carbocycles. The summed E-state index contributed by atoms with van der Waals surface area (Å²) in [7, 11) is 0. The molecule has 1 amide bonds. The van der Waals surface area contributed by atoms with E-state index in [9.17, 15) is 4.79 Å². The van der Waals surface area contributed by atoms with E-state index in [1.165, 1.54) is 0 Å². The average Bonchev–Trinajstić information content (AvgIpc) is 2.89. The number of hydrogen-bond acceptors (Lipinski definition) is 4. The van der Waals surface area contributed by atoms with Crippen LogP contribution in [-0.4, -0.2) is 23.0 Å². The Hall–Kier alpha value is -1.98. The van der Waals surface area contributed by atoms with E-state index in [1.54, 1.807) is 19.3 Å². The Morgan fingerprint density at radius 1 is 1.68 bits per heavy atom. The fourth-order valence-corrected chi connectivity index (χ4v) is 1.73. The molecule has 0 saturated carbocycles. The molecule has 6 nitrogen and oxygen atoms in total. The quantitative estimate of drug-likeness (QED) is 0.314. The molecule has 2 atom stereocenters. The minimum absolute atomic E-state index is 0.0855. The molecule has 0 radical (unpaired) electrons. The number of furan rings is 1. The maximum Gasteiger partial charge on any atom is 0.233 e. The first-order valence-electron chi connectivity index (χ1n) is 6.25. The van der Waals surface area contributed by atoms with Crippen molar-refractivity contribution in [1.29, 1.82) is 0 Å². The molecule has 1 heterocycles. The van der Waals surface area contributed by atoms with Crippen LogP contribution < -0.4 is 11.1 Å². The largest absolute Gasteiger partial charge is 0.469 e. The topological polar surface area (TPSA) is 101 Å². The predicted molar refractivity (Wildman–Crippen MR) is 71.8 cm³/mol. The van der Waals surface area contributed by atoms with Crippen molar-refractivity contribution in [3.63, 3.8) is 0 Å². The maximum atomic E-state index is 12.2. The smallest absolute Gasteiger partial charge is 0.233 e. The van der Waals surface area contributed by atoms with Crippen molar-refractivity contribution in [1.82, 2.24) is 5.32 Å². The zero-order valence-electron chi connectivity index (χ0n) is 11.5. The Balaban J connectivity index is 2.67. The zero-order chi connectivity index (χ0) is 14.5. The van der Waals surface area contributed by atoms with Crippen LogP contribution in [0.5, 0.6) is 0 Å². The number of carbonyl (C=O) groups excluding carboxylic acids is 1. The molecule has 1 aromatic rings. The van der Waals surface area contributed by atoms with Crippen molar-refractivity contribution in [2.75, 3.05) is 0 Å². The van der Waals surface area contributed by atoms with Gasteiger partial charge in [0, 0.05) is 12.5 Å². The number of nitrogens with two attached hydrogens (primary N) is 1. The molecule has 0 bridgehead atoms. The molecule has 0 spiro atoms. The van der Waals surface area contributed by atoms with E-state index in [4.69, 9.17) is 15.4 Å². The number of nitrogens with zero attached hydrogens (tertiary/aromatic N) is 1. The summed E-state index contributed by atoms with van der Waals surface area (Å²) < 4.78 is 5.23. The summed E-state index contributed by atoms with van der Waals surface area (Å²) in [5.41, 5.74) is 4.59. The highest BCUT2D eigenvalue weighted by atomic mass is 16.4. The number of rotatable bonds is 6. The number of oxime groups is 1. The Kier molecular flexibility index (Phi) is 4.97. The van der Waals surface area contributed by atoms with Crippen molar-refractivity contribution in [3.05, 3.63) is 24.2 Å². The van der Waals surface area contributed by atoms with Gasteiger partial charge in [-0.25, -0.2) is 0 Å². The van der Waals surface area contributed by atoms with E-state index in [0.29, 0.717) is 12.8 Å². The third kappa shape index (κ3) is 3.49. The van der Waals surface area contributed by atoms with E-state index in [0.717, 1.165) is 5.76 Å². The molecule has 0 aromatic carbocycles. The summed E-state index contributed by atoms with van der Waals surface area (Å²) >= 11 is 0. The van der Waals surface area contributed by atoms with Crippen LogP contribution in [0.2, 0.25) is 0 Å². The summed E-state index contributed by atoms with van der Waals surface area (Å²) in [5, 5.41) is 14.6. The SMILES string of the molecule is CCC(C)(C(=O)NC(C)Cc1ccco1)/C(N)=N/O. The minimum Gasteiger partial charge on any atom is -0.469 e. The van der Waals surface area contributed by atoms with Crippen LogP contribution >= 0.6 is 0 Å². The van der Waals surface area contributed by atoms with Gasteiger partial charge >= 0.3 is 0 Å². The Bertz CT molecular complexity index is 442. The van der Waals surface area contributed by atoms with Crippen molar-refractivity contribution in [2.45, 2.75) is 39.7 Å². The number of hydrogen-bond donors (Lipinski definition) is 3. The zero-order valence-corrected chi connectivity index (χ0v) is 11.5. The third-order valence-electron chi connectivity index (χ3n) is 3.35. The van der Waals surface area contributed by atoms with Gasteiger partial charge in [-0.05, 0) is 32.4 Å². The molecule has 1 rings (SSSR count). The highest BCUT2D eigenvalue weighted by Gasteiger charge is 2.36. The van der Waals surface area contributed by atoms with Crippen molar-refractivity contribution >= 4 is 11.7 Å². The van der Waals surface area contributed by atoms with Crippen molar-refractivity contribution in [2.24, 2.45) is 16.3 Å². The van der Waals surface area contributed by atoms with Crippen LogP contribution in [0.25, 0.3) is 0 Å². The summed E-state index contributed by atoms with van der Waals surface area (Å²) in [6.07, 6.45) is 2.63. The van der Waals surface area contributed by atoms with Gasteiger partial charge in [0.05, 0.1) is 6.26 Å².